The van der Waals surface area contributed by atoms with Crippen molar-refractivity contribution >= 4 is 11.6 Å². The topological polar surface area (TPSA) is 76.7 Å². The van der Waals surface area contributed by atoms with Gasteiger partial charge in [0.1, 0.15) is 18.7 Å². The van der Waals surface area contributed by atoms with Crippen LogP contribution in [0.3, 0.4) is 0 Å². The molecule has 4 rings (SSSR count). The number of hydrogen-bond donors (Lipinski definition) is 1. The Morgan fingerprint density at radius 1 is 1.19 bits per heavy atom. The number of carboxylic acid groups (broad SMARTS) is 1. The summed E-state index contributed by atoms with van der Waals surface area (Å²) in [5.41, 5.74) is 5.89. The molecule has 6 nitrogen and oxygen atoms in total. The van der Waals surface area contributed by atoms with Crippen molar-refractivity contribution in [1.82, 2.24) is 14.6 Å². The summed E-state index contributed by atoms with van der Waals surface area (Å²) in [6, 6.07) is 17.7. The molecule has 0 amide bonds. The molecule has 0 aliphatic carbocycles. The average Bonchev–Trinajstić information content (AvgIpc) is 3.26. The normalized spacial score (nSPS) is 11.6. The number of benzene rings is 2. The first-order valence-corrected chi connectivity index (χ1v) is 10.3. The maximum Gasteiger partial charge on any atom is 0.304 e. The number of hydrogen-bond acceptors (Lipinski definition) is 4. The molecule has 4 aromatic rings. The van der Waals surface area contributed by atoms with Crippen molar-refractivity contribution in [3.63, 3.8) is 0 Å². The van der Waals surface area contributed by atoms with E-state index in [1.54, 1.807) is 11.4 Å². The Labute approximate surface area is 186 Å². The number of aliphatic carboxylic acids is 1. The Balaban J connectivity index is 1.56. The van der Waals surface area contributed by atoms with E-state index in [1.807, 2.05) is 42.6 Å². The monoisotopic (exact) mass is 425 g/mol. The van der Waals surface area contributed by atoms with Crippen LogP contribution in [0.15, 0.2) is 67.1 Å². The minimum atomic E-state index is -0.871. The maximum absolute atomic E-state index is 11.1. The van der Waals surface area contributed by atoms with E-state index >= 15 is 0 Å². The summed E-state index contributed by atoms with van der Waals surface area (Å²) in [4.78, 5) is 15.5. The quantitative estimate of drug-likeness (QED) is 0.428. The lowest BCUT2D eigenvalue weighted by molar-refractivity contribution is -0.137. The van der Waals surface area contributed by atoms with E-state index in [4.69, 9.17) is 9.84 Å². The number of rotatable bonds is 7. The molecule has 2 aromatic heterocycles. The fraction of sp³-hybridized carbons (Fsp3) is 0.192. The molecule has 0 spiro atoms. The van der Waals surface area contributed by atoms with Crippen LogP contribution in [-0.2, 0) is 11.4 Å². The van der Waals surface area contributed by atoms with Crippen LogP contribution in [0.1, 0.15) is 36.0 Å². The lowest BCUT2D eigenvalue weighted by atomic mass is 9.96. The first kappa shape index (κ1) is 21.1. The van der Waals surface area contributed by atoms with Crippen molar-refractivity contribution in [2.24, 2.45) is 0 Å². The van der Waals surface area contributed by atoms with Crippen molar-refractivity contribution in [2.75, 3.05) is 0 Å². The van der Waals surface area contributed by atoms with Gasteiger partial charge in [-0.3, -0.25) is 4.79 Å². The largest absolute Gasteiger partial charge is 0.489 e. The molecule has 1 unspecified atom stereocenters. The second kappa shape index (κ2) is 9.36. The van der Waals surface area contributed by atoms with E-state index in [9.17, 15) is 4.79 Å². The zero-order valence-corrected chi connectivity index (χ0v) is 17.9. The van der Waals surface area contributed by atoms with Gasteiger partial charge in [0.05, 0.1) is 12.3 Å². The van der Waals surface area contributed by atoms with Gasteiger partial charge in [0.25, 0.3) is 0 Å². The van der Waals surface area contributed by atoms with Crippen molar-refractivity contribution < 1.29 is 14.6 Å². The summed E-state index contributed by atoms with van der Waals surface area (Å²) >= 11 is 0. The van der Waals surface area contributed by atoms with Gasteiger partial charge >= 0.3 is 5.97 Å². The lowest BCUT2D eigenvalue weighted by Gasteiger charge is -2.12. The number of aromatic nitrogens is 3. The van der Waals surface area contributed by atoms with Gasteiger partial charge in [-0.15, -0.1) is 5.92 Å². The summed E-state index contributed by atoms with van der Waals surface area (Å²) < 4.78 is 7.80. The van der Waals surface area contributed by atoms with Gasteiger partial charge in [-0.1, -0.05) is 42.3 Å². The van der Waals surface area contributed by atoms with E-state index in [0.29, 0.717) is 12.4 Å². The molecule has 1 N–H and O–H groups in total. The van der Waals surface area contributed by atoms with Crippen molar-refractivity contribution in [1.29, 1.82) is 0 Å². The molecule has 0 bridgehead atoms. The average molecular weight is 425 g/mol. The summed E-state index contributed by atoms with van der Waals surface area (Å²) in [6.45, 7) is 4.12. The van der Waals surface area contributed by atoms with E-state index in [1.165, 1.54) is 11.9 Å². The first-order valence-electron chi connectivity index (χ1n) is 10.3. The van der Waals surface area contributed by atoms with E-state index < -0.39 is 5.97 Å². The summed E-state index contributed by atoms with van der Waals surface area (Å²) in [7, 11) is 0. The van der Waals surface area contributed by atoms with Gasteiger partial charge in [0, 0.05) is 17.3 Å². The third-order valence-electron chi connectivity index (χ3n) is 5.28. The van der Waals surface area contributed by atoms with E-state index in [0.717, 1.165) is 27.9 Å². The zero-order valence-electron chi connectivity index (χ0n) is 17.9. The molecule has 1 atom stereocenters. The molecule has 6 heteroatoms. The Bertz CT molecular complexity index is 1310. The van der Waals surface area contributed by atoms with Gasteiger partial charge in [-0.25, -0.2) is 9.50 Å². The summed E-state index contributed by atoms with van der Waals surface area (Å²) in [6.07, 6.45) is 3.48. The fourth-order valence-corrected chi connectivity index (χ4v) is 3.70. The van der Waals surface area contributed by atoms with Crippen LogP contribution in [0, 0.1) is 18.8 Å². The molecular formula is C26H23N3O3. The molecule has 2 aromatic carbocycles. The Morgan fingerprint density at radius 2 is 1.97 bits per heavy atom. The lowest BCUT2D eigenvalue weighted by Crippen LogP contribution is -2.05. The highest BCUT2D eigenvalue weighted by Crippen LogP contribution is 2.27. The highest BCUT2D eigenvalue weighted by atomic mass is 16.5. The molecule has 0 aliphatic heterocycles. The first-order chi connectivity index (χ1) is 15.5. The van der Waals surface area contributed by atoms with Gasteiger partial charge < -0.3 is 9.84 Å². The third-order valence-corrected chi connectivity index (χ3v) is 5.28. The predicted molar refractivity (Wildman–Crippen MR) is 122 cm³/mol. The van der Waals surface area contributed by atoms with Crippen molar-refractivity contribution in [3.05, 3.63) is 83.8 Å². The predicted octanol–water partition coefficient (Wildman–Crippen LogP) is 4.87. The molecule has 0 saturated carbocycles. The van der Waals surface area contributed by atoms with Crippen LogP contribution < -0.4 is 4.74 Å². The van der Waals surface area contributed by atoms with E-state index in [-0.39, 0.29) is 12.3 Å². The third kappa shape index (κ3) is 4.62. The number of fused-ring (bicyclic) bond motifs is 1. The second-order valence-electron chi connectivity index (χ2n) is 7.50. The smallest absolute Gasteiger partial charge is 0.304 e. The molecule has 32 heavy (non-hydrogen) atoms. The van der Waals surface area contributed by atoms with E-state index in [2.05, 4.69) is 47.0 Å². The van der Waals surface area contributed by atoms with Crippen LogP contribution in [0.5, 0.6) is 5.75 Å². The van der Waals surface area contributed by atoms with Gasteiger partial charge in [0.2, 0.25) is 0 Å². The Kier molecular flexibility index (Phi) is 6.18. The van der Waals surface area contributed by atoms with Gasteiger partial charge in [-0.05, 0) is 48.7 Å². The number of carboxylic acids is 1. The molecular weight excluding hydrogens is 402 g/mol. The van der Waals surface area contributed by atoms with Crippen LogP contribution in [-0.4, -0.2) is 25.7 Å². The van der Waals surface area contributed by atoms with Gasteiger partial charge in [0.15, 0.2) is 5.65 Å². The number of carbonyl (C=O) groups is 1. The fourth-order valence-electron chi connectivity index (χ4n) is 3.70. The van der Waals surface area contributed by atoms with Crippen LogP contribution in [0.25, 0.3) is 16.8 Å². The second-order valence-corrected chi connectivity index (χ2v) is 7.50. The number of aryl methyl sites for hydroxylation is 1. The van der Waals surface area contributed by atoms with Crippen molar-refractivity contribution in [3.8, 4) is 28.7 Å². The Hall–Kier alpha value is -4.11. The molecule has 160 valence electrons. The van der Waals surface area contributed by atoms with Gasteiger partial charge in [-0.2, -0.15) is 5.10 Å². The number of pyridine rings is 1. The van der Waals surface area contributed by atoms with Crippen LogP contribution in [0.2, 0.25) is 0 Å². The minimum Gasteiger partial charge on any atom is -0.489 e. The zero-order chi connectivity index (χ0) is 22.5. The standard InChI is InChI=1S/C26H23N3O3/c1-3-6-20(14-25(30)31)19-9-11-23(12-10-19)32-16-22-13-21(15-29-26(22)27-17-28-29)24-8-5-4-7-18(24)2/h4-5,7-13,15,17,20H,14,16H2,1-2H3,(H,30,31). The van der Waals surface area contributed by atoms with Crippen LogP contribution >= 0.6 is 0 Å². The summed E-state index contributed by atoms with van der Waals surface area (Å²) in [5.74, 6) is 5.25. The highest BCUT2D eigenvalue weighted by Gasteiger charge is 2.14. The maximum atomic E-state index is 11.1. The number of ether oxygens (including phenoxy) is 1. The summed E-state index contributed by atoms with van der Waals surface area (Å²) in [5, 5.41) is 13.4. The minimum absolute atomic E-state index is 0.0302. The molecule has 0 aliphatic rings. The van der Waals surface area contributed by atoms with Crippen molar-refractivity contribution in [2.45, 2.75) is 32.8 Å². The molecule has 0 fully saturated rings. The SMILES string of the molecule is CC#CC(CC(=O)O)c1ccc(OCc2cc(-c3ccccc3C)cn3ncnc23)cc1. The van der Waals surface area contributed by atoms with Crippen LogP contribution in [0.4, 0.5) is 0 Å². The molecule has 2 heterocycles. The highest BCUT2D eigenvalue weighted by molar-refractivity contribution is 5.70. The Morgan fingerprint density at radius 3 is 2.69 bits per heavy atom. The number of nitrogens with zero attached hydrogens (tertiary/aromatic N) is 3. The molecule has 0 saturated heterocycles. The molecule has 0 radical (unpaired) electrons.